The summed E-state index contributed by atoms with van der Waals surface area (Å²) in [5.74, 6) is -1.84. The zero-order chi connectivity index (χ0) is 13.8. The molecule has 0 radical (unpaired) electrons. The number of aliphatic carboxylic acids is 1. The Kier molecular flexibility index (Phi) is 3.99. The molecule has 102 valence electrons. The summed E-state index contributed by atoms with van der Waals surface area (Å²) in [6.07, 6.45) is 1.24. The van der Waals surface area contributed by atoms with Crippen LogP contribution in [0.4, 0.5) is 14.9 Å². The van der Waals surface area contributed by atoms with Crippen molar-refractivity contribution in [2.45, 2.75) is 12.8 Å². The van der Waals surface area contributed by atoms with Gasteiger partial charge in [-0.1, -0.05) is 6.07 Å². The van der Waals surface area contributed by atoms with Crippen LogP contribution in [0, 0.1) is 11.7 Å². The molecule has 1 atom stereocenters. The highest BCUT2D eigenvalue weighted by molar-refractivity contribution is 5.89. The lowest BCUT2D eigenvalue weighted by Crippen LogP contribution is -2.44. The molecule has 0 aromatic heterocycles. The molecule has 1 aliphatic rings. The Morgan fingerprint density at radius 1 is 1.42 bits per heavy atom. The molecule has 0 spiro atoms. The predicted molar refractivity (Wildman–Crippen MR) is 67.4 cm³/mol. The van der Waals surface area contributed by atoms with Crippen LogP contribution in [0.3, 0.4) is 0 Å². The van der Waals surface area contributed by atoms with Crippen LogP contribution in [0.15, 0.2) is 24.3 Å². The highest BCUT2D eigenvalue weighted by Crippen LogP contribution is 2.18. The average molecular weight is 266 g/mol. The van der Waals surface area contributed by atoms with Gasteiger partial charge in [0.1, 0.15) is 5.82 Å². The smallest absolute Gasteiger partial charge is 0.321 e. The Hall–Kier alpha value is -2.11. The van der Waals surface area contributed by atoms with E-state index in [-0.39, 0.29) is 6.54 Å². The summed E-state index contributed by atoms with van der Waals surface area (Å²) in [6, 6.07) is 5.20. The lowest BCUT2D eigenvalue weighted by atomic mass is 9.99. The molecule has 1 fully saturated rings. The minimum atomic E-state index is -0.886. The molecule has 5 nitrogen and oxygen atoms in total. The van der Waals surface area contributed by atoms with Gasteiger partial charge in [-0.25, -0.2) is 9.18 Å². The van der Waals surface area contributed by atoms with E-state index < -0.39 is 23.7 Å². The van der Waals surface area contributed by atoms with E-state index in [1.807, 2.05) is 0 Å². The van der Waals surface area contributed by atoms with E-state index in [0.29, 0.717) is 25.1 Å². The molecule has 2 amide bonds. The van der Waals surface area contributed by atoms with Gasteiger partial charge in [0.05, 0.1) is 5.92 Å². The van der Waals surface area contributed by atoms with Crippen molar-refractivity contribution in [3.63, 3.8) is 0 Å². The molecule has 0 aliphatic carbocycles. The first-order valence-corrected chi connectivity index (χ1v) is 6.10. The predicted octanol–water partition coefficient (Wildman–Crippen LogP) is 2.15. The number of hydrogen-bond acceptors (Lipinski definition) is 2. The Bertz CT molecular complexity index is 493. The number of anilines is 1. The van der Waals surface area contributed by atoms with Crippen molar-refractivity contribution >= 4 is 17.7 Å². The van der Waals surface area contributed by atoms with Gasteiger partial charge in [-0.3, -0.25) is 4.79 Å². The lowest BCUT2D eigenvalue weighted by molar-refractivity contribution is -0.143. The normalized spacial score (nSPS) is 19.0. The maximum atomic E-state index is 13.0. The molecule has 2 rings (SSSR count). The summed E-state index contributed by atoms with van der Waals surface area (Å²) < 4.78 is 13.0. The fourth-order valence-corrected chi connectivity index (χ4v) is 2.13. The quantitative estimate of drug-likeness (QED) is 0.861. The molecule has 0 saturated carbocycles. The third-order valence-electron chi connectivity index (χ3n) is 3.13. The lowest BCUT2D eigenvalue weighted by Gasteiger charge is -2.30. The Morgan fingerprint density at radius 3 is 2.89 bits per heavy atom. The van der Waals surface area contributed by atoms with Gasteiger partial charge in [0.2, 0.25) is 0 Å². The number of carbonyl (C=O) groups excluding carboxylic acids is 1. The van der Waals surface area contributed by atoms with E-state index in [2.05, 4.69) is 5.32 Å². The molecule has 6 heteroatoms. The van der Waals surface area contributed by atoms with E-state index >= 15 is 0 Å². The summed E-state index contributed by atoms with van der Waals surface area (Å²) in [5.41, 5.74) is 0.363. The summed E-state index contributed by atoms with van der Waals surface area (Å²) in [5, 5.41) is 11.5. The number of hydrogen-bond donors (Lipinski definition) is 2. The van der Waals surface area contributed by atoms with Crippen LogP contribution >= 0.6 is 0 Å². The number of halogens is 1. The number of nitrogens with one attached hydrogen (secondary N) is 1. The number of piperidine rings is 1. The molecule has 1 aliphatic heterocycles. The number of carboxylic acids is 1. The molecular formula is C13H15FN2O3. The van der Waals surface area contributed by atoms with E-state index in [0.717, 1.165) is 0 Å². The van der Waals surface area contributed by atoms with Gasteiger partial charge in [0.15, 0.2) is 0 Å². The van der Waals surface area contributed by atoms with Crippen molar-refractivity contribution < 1.29 is 19.1 Å². The van der Waals surface area contributed by atoms with Crippen LogP contribution in [-0.2, 0) is 4.79 Å². The molecule has 0 bridgehead atoms. The SMILES string of the molecule is O=C(O)C1CCCN(C(=O)Nc2cccc(F)c2)C1. The second-order valence-corrected chi connectivity index (χ2v) is 4.56. The number of rotatable bonds is 2. The number of nitrogens with zero attached hydrogens (tertiary/aromatic N) is 1. The molecule has 1 aromatic rings. The molecular weight excluding hydrogens is 251 g/mol. The van der Waals surface area contributed by atoms with Gasteiger partial charge in [-0.05, 0) is 31.0 Å². The molecule has 2 N–H and O–H groups in total. The topological polar surface area (TPSA) is 69.6 Å². The second kappa shape index (κ2) is 5.69. The minimum Gasteiger partial charge on any atom is -0.481 e. The maximum Gasteiger partial charge on any atom is 0.321 e. The third-order valence-corrected chi connectivity index (χ3v) is 3.13. The third kappa shape index (κ3) is 3.43. The summed E-state index contributed by atoms with van der Waals surface area (Å²) >= 11 is 0. The van der Waals surface area contributed by atoms with Crippen LogP contribution < -0.4 is 5.32 Å². The number of urea groups is 1. The number of carbonyl (C=O) groups is 2. The van der Waals surface area contributed by atoms with E-state index in [4.69, 9.17) is 5.11 Å². The zero-order valence-electron chi connectivity index (χ0n) is 10.3. The van der Waals surface area contributed by atoms with Crippen molar-refractivity contribution in [1.29, 1.82) is 0 Å². The van der Waals surface area contributed by atoms with E-state index in [1.165, 1.54) is 23.1 Å². The largest absolute Gasteiger partial charge is 0.481 e. The van der Waals surface area contributed by atoms with Gasteiger partial charge in [-0.15, -0.1) is 0 Å². The highest BCUT2D eigenvalue weighted by Gasteiger charge is 2.28. The van der Waals surface area contributed by atoms with Crippen LogP contribution in [0.2, 0.25) is 0 Å². The van der Waals surface area contributed by atoms with Gasteiger partial charge >= 0.3 is 12.0 Å². The van der Waals surface area contributed by atoms with E-state index in [1.54, 1.807) is 6.07 Å². The summed E-state index contributed by atoms with van der Waals surface area (Å²) in [7, 11) is 0. The van der Waals surface area contributed by atoms with Crippen molar-refractivity contribution in [3.8, 4) is 0 Å². The molecule has 1 unspecified atom stereocenters. The summed E-state index contributed by atoms with van der Waals surface area (Å²) in [4.78, 5) is 24.3. The van der Waals surface area contributed by atoms with Crippen molar-refractivity contribution in [3.05, 3.63) is 30.1 Å². The van der Waals surface area contributed by atoms with Crippen molar-refractivity contribution in [2.75, 3.05) is 18.4 Å². The molecule has 1 saturated heterocycles. The van der Waals surface area contributed by atoms with Crippen LogP contribution in [0.25, 0.3) is 0 Å². The second-order valence-electron chi connectivity index (χ2n) is 4.56. The Balaban J connectivity index is 1.98. The monoisotopic (exact) mass is 266 g/mol. The molecule has 1 heterocycles. The van der Waals surface area contributed by atoms with Crippen LogP contribution in [-0.4, -0.2) is 35.1 Å². The average Bonchev–Trinajstić information content (AvgIpc) is 2.39. The first-order valence-electron chi connectivity index (χ1n) is 6.10. The fourth-order valence-electron chi connectivity index (χ4n) is 2.13. The minimum absolute atomic E-state index is 0.191. The molecule has 19 heavy (non-hydrogen) atoms. The highest BCUT2D eigenvalue weighted by atomic mass is 19.1. The van der Waals surface area contributed by atoms with Crippen LogP contribution in [0.1, 0.15) is 12.8 Å². The van der Waals surface area contributed by atoms with Crippen molar-refractivity contribution in [1.82, 2.24) is 4.90 Å². The van der Waals surface area contributed by atoms with E-state index in [9.17, 15) is 14.0 Å². The first-order chi connectivity index (χ1) is 9.06. The Labute approximate surface area is 110 Å². The number of benzene rings is 1. The van der Waals surface area contributed by atoms with Crippen molar-refractivity contribution in [2.24, 2.45) is 5.92 Å². The summed E-state index contributed by atoms with van der Waals surface area (Å²) in [6.45, 7) is 0.710. The fraction of sp³-hybridized carbons (Fsp3) is 0.385. The maximum absolute atomic E-state index is 13.0. The van der Waals surface area contributed by atoms with Crippen LogP contribution in [0.5, 0.6) is 0 Å². The van der Waals surface area contributed by atoms with Gasteiger partial charge in [0, 0.05) is 18.8 Å². The zero-order valence-corrected chi connectivity index (χ0v) is 10.3. The van der Waals surface area contributed by atoms with Gasteiger partial charge in [-0.2, -0.15) is 0 Å². The molecule has 1 aromatic carbocycles. The Morgan fingerprint density at radius 2 is 2.21 bits per heavy atom. The standard InChI is InChI=1S/C13H15FN2O3/c14-10-4-1-5-11(7-10)15-13(19)16-6-2-3-9(8-16)12(17)18/h1,4-5,7,9H,2-3,6,8H2,(H,15,19)(H,17,18). The van der Waals surface area contributed by atoms with Gasteiger partial charge < -0.3 is 15.3 Å². The number of carboxylic acid groups (broad SMARTS) is 1. The number of likely N-dealkylation sites (tertiary alicyclic amines) is 1. The first kappa shape index (κ1) is 13.3. The van der Waals surface area contributed by atoms with Gasteiger partial charge in [0.25, 0.3) is 0 Å². The number of amides is 2.